The number of aromatic nitrogens is 2. The number of benzene rings is 1. The number of hydrogen-bond donors (Lipinski definition) is 1. The van der Waals surface area contributed by atoms with E-state index in [9.17, 15) is 14.4 Å². The van der Waals surface area contributed by atoms with Gasteiger partial charge in [-0.05, 0) is 44.9 Å². The van der Waals surface area contributed by atoms with E-state index in [1.54, 1.807) is 37.3 Å². The van der Waals surface area contributed by atoms with Gasteiger partial charge in [-0.1, -0.05) is 12.1 Å². The lowest BCUT2D eigenvalue weighted by Crippen LogP contribution is -2.33. The van der Waals surface area contributed by atoms with Crippen LogP contribution in [-0.2, 0) is 4.79 Å². The third-order valence-electron chi connectivity index (χ3n) is 4.12. The molecule has 0 spiro atoms. The maximum absolute atomic E-state index is 12.4. The van der Waals surface area contributed by atoms with E-state index >= 15 is 0 Å². The molecule has 0 aliphatic heterocycles. The number of carbonyl (C=O) groups is 2. The Bertz CT molecular complexity index is 853. The zero-order valence-electron chi connectivity index (χ0n) is 13.7. The molecule has 1 unspecified atom stereocenters. The number of Topliss-reactive ketones (excluding diaryl/α,β-unsaturated/α-hetero) is 1. The Morgan fingerprint density at radius 1 is 1.25 bits per heavy atom. The van der Waals surface area contributed by atoms with Crippen LogP contribution in [0.25, 0.3) is 0 Å². The number of nitrogens with one attached hydrogen (secondary N) is 1. The third kappa shape index (κ3) is 3.42. The van der Waals surface area contributed by atoms with E-state index < -0.39 is 6.04 Å². The lowest BCUT2D eigenvalue weighted by Gasteiger charge is -2.15. The van der Waals surface area contributed by atoms with E-state index in [0.717, 1.165) is 18.5 Å². The second-order valence-corrected chi connectivity index (χ2v) is 6.12. The summed E-state index contributed by atoms with van der Waals surface area (Å²) in [4.78, 5) is 35.9. The number of anilines is 1. The van der Waals surface area contributed by atoms with E-state index in [4.69, 9.17) is 0 Å². The third-order valence-corrected chi connectivity index (χ3v) is 4.12. The molecule has 124 valence electrons. The van der Waals surface area contributed by atoms with Gasteiger partial charge in [0.15, 0.2) is 5.78 Å². The molecule has 1 aliphatic carbocycles. The number of ketones is 1. The summed E-state index contributed by atoms with van der Waals surface area (Å²) in [6.45, 7) is 3.10. The van der Waals surface area contributed by atoms with Gasteiger partial charge in [0.25, 0.3) is 5.56 Å². The summed E-state index contributed by atoms with van der Waals surface area (Å²) in [7, 11) is 0. The number of amides is 1. The van der Waals surface area contributed by atoms with Crippen LogP contribution in [0.15, 0.2) is 41.2 Å². The molecule has 2 aromatic rings. The predicted molar refractivity (Wildman–Crippen MR) is 90.3 cm³/mol. The van der Waals surface area contributed by atoms with Gasteiger partial charge in [-0.2, -0.15) is 5.10 Å². The Morgan fingerprint density at radius 2 is 2.00 bits per heavy atom. The number of hydrogen-bond acceptors (Lipinski definition) is 4. The zero-order chi connectivity index (χ0) is 17.3. The molecule has 1 N–H and O–H groups in total. The standard InChI is InChI=1S/C18H19N3O3/c1-11(21-17(23)9-8-16(20-21)13-6-7-13)18(24)19-15-5-3-4-14(10-15)12(2)22/h3-5,8-11,13H,6-7H2,1-2H3,(H,19,24). The van der Waals surface area contributed by atoms with Crippen LogP contribution in [0.3, 0.4) is 0 Å². The van der Waals surface area contributed by atoms with E-state index in [-0.39, 0.29) is 17.2 Å². The molecule has 6 nitrogen and oxygen atoms in total. The van der Waals surface area contributed by atoms with Crippen molar-refractivity contribution in [2.75, 3.05) is 5.32 Å². The Morgan fingerprint density at radius 3 is 2.67 bits per heavy atom. The topological polar surface area (TPSA) is 81.1 Å². The Hall–Kier alpha value is -2.76. The van der Waals surface area contributed by atoms with Crippen LogP contribution in [0.1, 0.15) is 54.7 Å². The van der Waals surface area contributed by atoms with Gasteiger partial charge in [0.2, 0.25) is 5.91 Å². The molecule has 1 aromatic heterocycles. The van der Waals surface area contributed by atoms with Crippen LogP contribution in [-0.4, -0.2) is 21.5 Å². The summed E-state index contributed by atoms with van der Waals surface area (Å²) >= 11 is 0. The van der Waals surface area contributed by atoms with E-state index in [1.165, 1.54) is 17.7 Å². The van der Waals surface area contributed by atoms with Gasteiger partial charge in [0, 0.05) is 23.2 Å². The van der Waals surface area contributed by atoms with Gasteiger partial charge < -0.3 is 5.32 Å². The van der Waals surface area contributed by atoms with Gasteiger partial charge >= 0.3 is 0 Å². The Labute approximate surface area is 139 Å². The molecule has 6 heteroatoms. The molecule has 0 radical (unpaired) electrons. The largest absolute Gasteiger partial charge is 0.324 e. The highest BCUT2D eigenvalue weighted by molar-refractivity contribution is 5.97. The highest BCUT2D eigenvalue weighted by Gasteiger charge is 2.27. The smallest absolute Gasteiger partial charge is 0.267 e. The number of nitrogens with zero attached hydrogens (tertiary/aromatic N) is 2. The molecule has 1 atom stereocenters. The first-order valence-electron chi connectivity index (χ1n) is 7.97. The fourth-order valence-corrected chi connectivity index (χ4v) is 2.49. The maximum atomic E-state index is 12.4. The minimum atomic E-state index is -0.739. The van der Waals surface area contributed by atoms with Crippen LogP contribution < -0.4 is 10.9 Å². The summed E-state index contributed by atoms with van der Waals surface area (Å²) in [5, 5.41) is 7.07. The highest BCUT2D eigenvalue weighted by Crippen LogP contribution is 2.38. The SMILES string of the molecule is CC(=O)c1cccc(NC(=O)C(C)n2nc(C3CC3)ccc2=O)c1. The van der Waals surface area contributed by atoms with E-state index in [2.05, 4.69) is 10.4 Å². The molecule has 1 aromatic carbocycles. The van der Waals surface area contributed by atoms with Gasteiger partial charge in [-0.3, -0.25) is 14.4 Å². The van der Waals surface area contributed by atoms with E-state index in [0.29, 0.717) is 17.2 Å². The van der Waals surface area contributed by atoms with Crippen LogP contribution in [0.2, 0.25) is 0 Å². The molecular formula is C18H19N3O3. The molecule has 3 rings (SSSR count). The van der Waals surface area contributed by atoms with Crippen LogP contribution in [0.4, 0.5) is 5.69 Å². The first kappa shape index (κ1) is 16.1. The van der Waals surface area contributed by atoms with Crippen molar-refractivity contribution in [2.45, 2.75) is 38.6 Å². The van der Waals surface area contributed by atoms with E-state index in [1.807, 2.05) is 0 Å². The summed E-state index contributed by atoms with van der Waals surface area (Å²) < 4.78 is 1.22. The Kier molecular flexibility index (Phi) is 4.29. The maximum Gasteiger partial charge on any atom is 0.267 e. The quantitative estimate of drug-likeness (QED) is 0.857. The summed E-state index contributed by atoms with van der Waals surface area (Å²) in [6, 6.07) is 9.16. The second kappa shape index (κ2) is 6.39. The fourth-order valence-electron chi connectivity index (χ4n) is 2.49. The van der Waals surface area contributed by atoms with Crippen molar-refractivity contribution in [2.24, 2.45) is 0 Å². The molecule has 0 bridgehead atoms. The van der Waals surface area contributed by atoms with Crippen molar-refractivity contribution in [3.63, 3.8) is 0 Å². The van der Waals surface area contributed by atoms with Crippen LogP contribution >= 0.6 is 0 Å². The van der Waals surface area contributed by atoms with Crippen LogP contribution in [0.5, 0.6) is 0 Å². The minimum Gasteiger partial charge on any atom is -0.324 e. The summed E-state index contributed by atoms with van der Waals surface area (Å²) in [5.74, 6) is -0.0215. The monoisotopic (exact) mass is 325 g/mol. The first-order valence-corrected chi connectivity index (χ1v) is 7.97. The van der Waals surface area contributed by atoms with Gasteiger partial charge in [0.05, 0.1) is 5.69 Å². The fraction of sp³-hybridized carbons (Fsp3) is 0.333. The molecule has 1 amide bonds. The van der Waals surface area contributed by atoms with Gasteiger partial charge in [-0.15, -0.1) is 0 Å². The van der Waals surface area contributed by atoms with Crippen molar-refractivity contribution in [1.29, 1.82) is 0 Å². The lowest BCUT2D eigenvalue weighted by atomic mass is 10.1. The number of rotatable bonds is 5. The summed E-state index contributed by atoms with van der Waals surface area (Å²) in [5.41, 5.74) is 1.59. The van der Waals surface area contributed by atoms with Gasteiger partial charge in [0.1, 0.15) is 6.04 Å². The van der Waals surface area contributed by atoms with Crippen molar-refractivity contribution < 1.29 is 9.59 Å². The summed E-state index contributed by atoms with van der Waals surface area (Å²) in [6.07, 6.45) is 2.15. The molecule has 1 aliphatic rings. The van der Waals surface area contributed by atoms with Crippen LogP contribution in [0, 0.1) is 0 Å². The van der Waals surface area contributed by atoms with Gasteiger partial charge in [-0.25, -0.2) is 4.68 Å². The molecule has 1 fully saturated rings. The average molecular weight is 325 g/mol. The number of carbonyl (C=O) groups excluding carboxylic acids is 2. The predicted octanol–water partition coefficient (Wildman–Crippen LogP) is 2.52. The highest BCUT2D eigenvalue weighted by atomic mass is 16.2. The normalized spacial score (nSPS) is 14.9. The van der Waals surface area contributed by atoms with Crippen molar-refractivity contribution in [3.8, 4) is 0 Å². The van der Waals surface area contributed by atoms with Crippen molar-refractivity contribution in [3.05, 3.63) is 58.0 Å². The molecule has 24 heavy (non-hydrogen) atoms. The van der Waals surface area contributed by atoms with Crippen molar-refractivity contribution in [1.82, 2.24) is 9.78 Å². The molecule has 1 heterocycles. The molecule has 0 saturated heterocycles. The first-order chi connectivity index (χ1) is 11.5. The Balaban J connectivity index is 1.80. The zero-order valence-corrected chi connectivity index (χ0v) is 13.7. The molecular weight excluding hydrogens is 306 g/mol. The molecule has 1 saturated carbocycles. The second-order valence-electron chi connectivity index (χ2n) is 6.12. The van der Waals surface area contributed by atoms with Crippen molar-refractivity contribution >= 4 is 17.4 Å². The average Bonchev–Trinajstić information content (AvgIpc) is 3.40. The minimum absolute atomic E-state index is 0.0748. The lowest BCUT2D eigenvalue weighted by molar-refractivity contribution is -0.119.